The fourth-order valence-corrected chi connectivity index (χ4v) is 4.47. The Kier molecular flexibility index (Phi) is 6.14. The average Bonchev–Trinajstić information content (AvgIpc) is 3.26. The van der Waals surface area contributed by atoms with Crippen LogP contribution in [0.1, 0.15) is 37.6 Å². The van der Waals surface area contributed by atoms with Gasteiger partial charge in [0.05, 0.1) is 17.6 Å². The van der Waals surface area contributed by atoms with Gasteiger partial charge in [-0.2, -0.15) is 0 Å². The van der Waals surface area contributed by atoms with Gasteiger partial charge in [0, 0.05) is 16.0 Å². The van der Waals surface area contributed by atoms with Gasteiger partial charge in [0.15, 0.2) is 6.61 Å². The molecular formula is C18H15ClN2O7S. The number of halogens is 1. The van der Waals surface area contributed by atoms with Gasteiger partial charge in [-0.1, -0.05) is 11.6 Å². The van der Waals surface area contributed by atoms with Gasteiger partial charge >= 0.3 is 11.9 Å². The van der Waals surface area contributed by atoms with Crippen molar-refractivity contribution >= 4 is 51.5 Å². The molecule has 0 radical (unpaired) electrons. The number of methoxy groups -OCH3 is 1. The van der Waals surface area contributed by atoms with Crippen LogP contribution in [0.4, 0.5) is 10.7 Å². The van der Waals surface area contributed by atoms with Crippen LogP contribution in [0.15, 0.2) is 18.2 Å². The molecule has 1 aliphatic carbocycles. The quantitative estimate of drug-likeness (QED) is 0.416. The van der Waals surface area contributed by atoms with Gasteiger partial charge in [0.1, 0.15) is 10.6 Å². The molecule has 0 bridgehead atoms. The zero-order chi connectivity index (χ0) is 21.1. The average molecular weight is 439 g/mol. The van der Waals surface area contributed by atoms with Crippen LogP contribution in [0.25, 0.3) is 0 Å². The van der Waals surface area contributed by atoms with Crippen molar-refractivity contribution in [2.24, 2.45) is 0 Å². The maximum Gasteiger partial charge on any atom is 0.345 e. The van der Waals surface area contributed by atoms with Crippen molar-refractivity contribution < 1.29 is 28.8 Å². The number of anilines is 1. The molecule has 0 spiro atoms. The number of carbonyl (C=O) groups excluding carboxylic acids is 3. The first-order valence-electron chi connectivity index (χ1n) is 8.45. The first-order valence-corrected chi connectivity index (χ1v) is 9.65. The minimum atomic E-state index is -1.04. The number of nitro benzene ring substituents is 1. The van der Waals surface area contributed by atoms with Crippen molar-refractivity contribution in [2.45, 2.75) is 19.3 Å². The molecule has 29 heavy (non-hydrogen) atoms. The summed E-state index contributed by atoms with van der Waals surface area (Å²) in [7, 11) is 1.26. The van der Waals surface area contributed by atoms with Crippen LogP contribution in [0.2, 0.25) is 5.02 Å². The van der Waals surface area contributed by atoms with E-state index in [-0.39, 0.29) is 10.6 Å². The van der Waals surface area contributed by atoms with Crippen molar-refractivity contribution in [2.75, 3.05) is 19.0 Å². The first kappa shape index (κ1) is 20.7. The van der Waals surface area contributed by atoms with Gasteiger partial charge < -0.3 is 14.8 Å². The number of aryl methyl sites for hydroxylation is 1. The molecule has 2 aromatic rings. The number of thiophene rings is 1. The van der Waals surface area contributed by atoms with Crippen molar-refractivity contribution in [3.05, 3.63) is 54.9 Å². The normalized spacial score (nSPS) is 12.2. The molecule has 0 aliphatic heterocycles. The van der Waals surface area contributed by atoms with Gasteiger partial charge in [0.2, 0.25) is 0 Å². The summed E-state index contributed by atoms with van der Waals surface area (Å²) >= 11 is 6.99. The first-order chi connectivity index (χ1) is 13.8. The van der Waals surface area contributed by atoms with E-state index in [0.29, 0.717) is 10.6 Å². The number of fused-ring (bicyclic) bond motifs is 1. The predicted octanol–water partition coefficient (Wildman–Crippen LogP) is 3.38. The topological polar surface area (TPSA) is 125 Å². The molecule has 1 aliphatic rings. The summed E-state index contributed by atoms with van der Waals surface area (Å²) in [6.07, 6.45) is 2.47. The summed E-state index contributed by atoms with van der Waals surface area (Å²) in [5, 5.41) is 14.1. The minimum Gasteiger partial charge on any atom is -0.465 e. The lowest BCUT2D eigenvalue weighted by molar-refractivity contribution is -0.385. The molecule has 1 amide bonds. The lowest BCUT2D eigenvalue weighted by Crippen LogP contribution is -2.22. The third-order valence-corrected chi connectivity index (χ3v) is 5.72. The number of rotatable bonds is 6. The number of hydrogen-bond acceptors (Lipinski definition) is 8. The Hall–Kier alpha value is -2.98. The molecule has 3 rings (SSSR count). The standard InChI is InChI=1S/C18H15ClN2O7S/c1-27-18(24)15-11-3-2-4-13(11)29-16(15)20-14(22)8-28-17(23)10-6-5-9(19)7-12(10)21(25)26/h5-7H,2-4,8H2,1H3,(H,20,22). The summed E-state index contributed by atoms with van der Waals surface area (Å²) in [4.78, 5) is 47.8. The molecule has 1 heterocycles. The number of carbonyl (C=O) groups is 3. The van der Waals surface area contributed by atoms with E-state index in [1.165, 1.54) is 24.5 Å². The van der Waals surface area contributed by atoms with Gasteiger partial charge in [-0.15, -0.1) is 11.3 Å². The van der Waals surface area contributed by atoms with Crippen LogP contribution in [-0.4, -0.2) is 36.5 Å². The summed E-state index contributed by atoms with van der Waals surface area (Å²) in [6, 6.07) is 3.48. The fourth-order valence-electron chi connectivity index (χ4n) is 3.01. The third kappa shape index (κ3) is 4.38. The molecule has 0 saturated heterocycles. The molecule has 0 saturated carbocycles. The summed E-state index contributed by atoms with van der Waals surface area (Å²) in [6.45, 7) is -0.679. The van der Waals surface area contributed by atoms with Gasteiger partial charge in [-0.25, -0.2) is 9.59 Å². The highest BCUT2D eigenvalue weighted by Crippen LogP contribution is 2.39. The van der Waals surface area contributed by atoms with Crippen LogP contribution in [-0.2, 0) is 27.1 Å². The molecule has 11 heteroatoms. The van der Waals surface area contributed by atoms with E-state index in [2.05, 4.69) is 5.32 Å². The zero-order valence-corrected chi connectivity index (χ0v) is 16.7. The molecule has 9 nitrogen and oxygen atoms in total. The van der Waals surface area contributed by atoms with E-state index in [4.69, 9.17) is 21.1 Å². The highest BCUT2D eigenvalue weighted by atomic mass is 35.5. The predicted molar refractivity (Wildman–Crippen MR) is 105 cm³/mol. The van der Waals surface area contributed by atoms with E-state index in [9.17, 15) is 24.5 Å². The summed E-state index contributed by atoms with van der Waals surface area (Å²) < 4.78 is 9.69. The van der Waals surface area contributed by atoms with Crippen LogP contribution in [0.3, 0.4) is 0 Å². The maximum absolute atomic E-state index is 12.2. The van der Waals surface area contributed by atoms with Crippen molar-refractivity contribution in [3.8, 4) is 0 Å². The van der Waals surface area contributed by atoms with Crippen molar-refractivity contribution in [1.29, 1.82) is 0 Å². The number of nitro groups is 1. The van der Waals surface area contributed by atoms with Gasteiger partial charge in [-0.05, 0) is 37.0 Å². The molecule has 0 unspecified atom stereocenters. The Balaban J connectivity index is 1.69. The number of hydrogen-bond donors (Lipinski definition) is 1. The Morgan fingerprint density at radius 3 is 2.72 bits per heavy atom. The number of benzene rings is 1. The van der Waals surface area contributed by atoms with Crippen LogP contribution >= 0.6 is 22.9 Å². The summed E-state index contributed by atoms with van der Waals surface area (Å²) in [5.74, 6) is -2.26. The van der Waals surface area contributed by atoms with E-state index >= 15 is 0 Å². The lowest BCUT2D eigenvalue weighted by Gasteiger charge is -2.08. The molecule has 1 aromatic carbocycles. The second-order valence-corrected chi connectivity index (χ2v) is 7.64. The summed E-state index contributed by atoms with van der Waals surface area (Å²) in [5.41, 5.74) is 0.340. The van der Waals surface area contributed by atoms with E-state index in [0.717, 1.165) is 41.8 Å². The second-order valence-electron chi connectivity index (χ2n) is 6.10. The Bertz CT molecular complexity index is 1020. The lowest BCUT2D eigenvalue weighted by atomic mass is 10.1. The Labute approximate surface area is 173 Å². The van der Waals surface area contributed by atoms with E-state index in [1.807, 2.05) is 0 Å². The number of nitrogens with one attached hydrogen (secondary N) is 1. The largest absolute Gasteiger partial charge is 0.465 e. The molecule has 152 valence electrons. The SMILES string of the molecule is COC(=O)c1c(NC(=O)COC(=O)c2ccc(Cl)cc2[N+](=O)[O-])sc2c1CCC2. The third-order valence-electron chi connectivity index (χ3n) is 4.27. The van der Waals surface area contributed by atoms with Gasteiger partial charge in [0.25, 0.3) is 11.6 Å². The Morgan fingerprint density at radius 1 is 1.28 bits per heavy atom. The van der Waals surface area contributed by atoms with E-state index in [1.54, 1.807) is 0 Å². The number of nitrogens with zero attached hydrogens (tertiary/aromatic N) is 1. The molecule has 1 aromatic heterocycles. The second kappa shape index (κ2) is 8.58. The van der Waals surface area contributed by atoms with Gasteiger partial charge in [-0.3, -0.25) is 14.9 Å². The molecule has 0 atom stereocenters. The van der Waals surface area contributed by atoms with Crippen LogP contribution in [0, 0.1) is 10.1 Å². The Morgan fingerprint density at radius 2 is 2.03 bits per heavy atom. The highest BCUT2D eigenvalue weighted by molar-refractivity contribution is 7.17. The smallest absolute Gasteiger partial charge is 0.345 e. The van der Waals surface area contributed by atoms with Crippen molar-refractivity contribution in [3.63, 3.8) is 0 Å². The maximum atomic E-state index is 12.2. The number of esters is 2. The number of amides is 1. The van der Waals surface area contributed by atoms with E-state index < -0.39 is 35.1 Å². The number of ether oxygens (including phenoxy) is 2. The van der Waals surface area contributed by atoms with Crippen LogP contribution in [0.5, 0.6) is 0 Å². The zero-order valence-electron chi connectivity index (χ0n) is 15.2. The molecule has 0 fully saturated rings. The monoisotopic (exact) mass is 438 g/mol. The molecule has 1 N–H and O–H groups in total. The fraction of sp³-hybridized carbons (Fsp3) is 0.278. The van der Waals surface area contributed by atoms with Crippen molar-refractivity contribution in [1.82, 2.24) is 0 Å². The van der Waals surface area contributed by atoms with Crippen LogP contribution < -0.4 is 5.32 Å². The minimum absolute atomic E-state index is 0.0899. The molecular weight excluding hydrogens is 424 g/mol. The highest BCUT2D eigenvalue weighted by Gasteiger charge is 2.28.